The molecule has 4 aromatic rings. The maximum absolute atomic E-state index is 14.9. The number of ether oxygens (including phenoxy) is 2. The first-order chi connectivity index (χ1) is 24.6. The van der Waals surface area contributed by atoms with E-state index in [1.165, 1.54) is 5.19 Å². The normalized spacial score (nSPS) is 23.9. The molecule has 0 radical (unpaired) electrons. The van der Waals surface area contributed by atoms with E-state index in [1.807, 2.05) is 65.6 Å². The average Bonchev–Trinajstić information content (AvgIpc) is 3.81. The van der Waals surface area contributed by atoms with Gasteiger partial charge in [-0.25, -0.2) is 0 Å². The molecule has 5 atom stereocenters. The van der Waals surface area contributed by atoms with Crippen molar-refractivity contribution < 1.29 is 24.2 Å². The third kappa shape index (κ3) is 6.00. The Balaban J connectivity index is 1.28. The van der Waals surface area contributed by atoms with Crippen LogP contribution in [0.15, 0.2) is 91.6 Å². The predicted octanol–water partition coefficient (Wildman–Crippen LogP) is 5.72. The molecule has 0 bridgehead atoms. The molecular formula is C40H47N5O5Si. The fraction of sp³-hybridized carbons (Fsp3) is 0.400. The van der Waals surface area contributed by atoms with E-state index in [2.05, 4.69) is 49.0 Å². The van der Waals surface area contributed by atoms with Crippen molar-refractivity contribution >= 4 is 36.4 Å². The second-order valence-corrected chi connectivity index (χ2v) is 19.3. The molecule has 2 amide bonds. The highest BCUT2D eigenvalue weighted by atomic mass is 28.3. The van der Waals surface area contributed by atoms with Crippen molar-refractivity contribution in [3.63, 3.8) is 0 Å². The second kappa shape index (κ2) is 13.9. The van der Waals surface area contributed by atoms with Crippen LogP contribution in [0.4, 0.5) is 11.4 Å². The van der Waals surface area contributed by atoms with Crippen molar-refractivity contribution in [2.75, 3.05) is 30.0 Å². The number of benzene rings is 3. The third-order valence-electron chi connectivity index (χ3n) is 11.4. The summed E-state index contributed by atoms with van der Waals surface area (Å²) in [6.45, 7) is 12.4. The van der Waals surface area contributed by atoms with Crippen molar-refractivity contribution in [3.05, 3.63) is 108 Å². The van der Waals surface area contributed by atoms with Gasteiger partial charge in [0, 0.05) is 43.2 Å². The Kier molecular flexibility index (Phi) is 9.47. The molecule has 2 fully saturated rings. The third-order valence-corrected chi connectivity index (χ3v) is 15.7. The Labute approximate surface area is 300 Å². The molecule has 11 heteroatoms. The molecule has 7 rings (SSSR count). The first-order valence-electron chi connectivity index (χ1n) is 17.9. The summed E-state index contributed by atoms with van der Waals surface area (Å²) in [4.78, 5) is 31.6. The number of aliphatic hydroxyl groups is 1. The molecule has 1 aromatic heterocycles. The van der Waals surface area contributed by atoms with E-state index >= 15 is 0 Å². The minimum Gasteiger partial charge on any atom is -0.497 e. The predicted molar refractivity (Wildman–Crippen MR) is 200 cm³/mol. The summed E-state index contributed by atoms with van der Waals surface area (Å²) in [7, 11) is -0.697. The molecule has 3 aromatic carbocycles. The van der Waals surface area contributed by atoms with Gasteiger partial charge in [0.1, 0.15) is 17.5 Å². The number of anilines is 2. The van der Waals surface area contributed by atoms with Crippen LogP contribution in [-0.2, 0) is 26.5 Å². The molecule has 4 heterocycles. The van der Waals surface area contributed by atoms with Gasteiger partial charge in [-0.1, -0.05) is 79.0 Å². The minimum absolute atomic E-state index is 0.0320. The lowest BCUT2D eigenvalue weighted by Crippen LogP contribution is -2.52. The van der Waals surface area contributed by atoms with Gasteiger partial charge in [0.25, 0.3) is 5.91 Å². The number of hydrogen-bond acceptors (Lipinski definition) is 7. The van der Waals surface area contributed by atoms with Crippen molar-refractivity contribution in [3.8, 4) is 5.75 Å². The topological polar surface area (TPSA) is 110 Å². The molecule has 3 aliphatic heterocycles. The van der Waals surface area contributed by atoms with Gasteiger partial charge in [0.05, 0.1) is 33.2 Å². The molecule has 1 spiro atoms. The number of nitrogens with zero attached hydrogens (tertiary/aromatic N) is 5. The lowest BCUT2D eigenvalue weighted by molar-refractivity contribution is -0.145. The zero-order chi connectivity index (χ0) is 35.9. The highest BCUT2D eigenvalue weighted by Gasteiger charge is 2.66. The van der Waals surface area contributed by atoms with Crippen LogP contribution in [0.2, 0.25) is 18.6 Å². The molecular weight excluding hydrogens is 659 g/mol. The Morgan fingerprint density at radius 1 is 1.10 bits per heavy atom. The average molecular weight is 706 g/mol. The number of aliphatic hydroxyl groups excluding tert-OH is 1. The van der Waals surface area contributed by atoms with E-state index in [0.29, 0.717) is 38.2 Å². The van der Waals surface area contributed by atoms with Crippen LogP contribution in [-0.4, -0.2) is 66.3 Å². The summed E-state index contributed by atoms with van der Waals surface area (Å²) in [6, 6.07) is 23.7. The number of carbonyl (C=O) groups is 2. The number of methoxy groups -OCH3 is 1. The Bertz CT molecular complexity index is 1910. The van der Waals surface area contributed by atoms with Gasteiger partial charge in [-0.05, 0) is 60.7 Å². The highest BCUT2D eigenvalue weighted by molar-refractivity contribution is 6.91. The Morgan fingerprint density at radius 3 is 2.57 bits per heavy atom. The summed E-state index contributed by atoms with van der Waals surface area (Å²) in [5, 5.41) is 20.9. The smallest absolute Gasteiger partial charge is 0.264 e. The number of amides is 2. The fourth-order valence-electron chi connectivity index (χ4n) is 8.74. The van der Waals surface area contributed by atoms with Gasteiger partial charge in [0.2, 0.25) is 5.91 Å². The molecule has 266 valence electrons. The first kappa shape index (κ1) is 34.8. The van der Waals surface area contributed by atoms with Crippen molar-refractivity contribution in [1.82, 2.24) is 15.0 Å². The number of fused-ring (bicyclic) bond motifs is 2. The van der Waals surface area contributed by atoms with Gasteiger partial charge < -0.3 is 24.4 Å². The summed E-state index contributed by atoms with van der Waals surface area (Å²) in [6.07, 6.45) is 5.30. The molecule has 3 aliphatic rings. The summed E-state index contributed by atoms with van der Waals surface area (Å²) in [5.74, 6) is 0.627. The van der Waals surface area contributed by atoms with Gasteiger partial charge in [-0.2, -0.15) is 0 Å². The van der Waals surface area contributed by atoms with Gasteiger partial charge in [0.15, 0.2) is 5.60 Å². The zero-order valence-corrected chi connectivity index (χ0v) is 30.9. The van der Waals surface area contributed by atoms with E-state index < -0.39 is 19.8 Å². The lowest BCUT2D eigenvalue weighted by atomic mass is 9.82. The van der Waals surface area contributed by atoms with Gasteiger partial charge in [-0.15, -0.1) is 11.7 Å². The molecule has 0 aliphatic carbocycles. The van der Waals surface area contributed by atoms with E-state index in [1.54, 1.807) is 29.0 Å². The van der Waals surface area contributed by atoms with Crippen molar-refractivity contribution in [2.24, 2.45) is 5.92 Å². The Morgan fingerprint density at radius 2 is 1.86 bits per heavy atom. The standard InChI is InChI=1S/C40H47N5O5Si/c1-6-22-45-34-20-15-29(44-23-11-10-14-36(44)46)25-32(34)40(39(45)48)27(2)38(51(4,5)31-18-16-30(49-3)17-19-31)35(50-40)21-24-43-26-33(41-42-43)37(47)28-12-8-7-9-13-28/h6-9,12-13,15-20,25-27,35,37-38,47H,1,10-11,14,21-24H2,2-5H3/t27-,35+,37+,38-,40+/m0/s1. The molecule has 1 N–H and O–H groups in total. The lowest BCUT2D eigenvalue weighted by Gasteiger charge is -2.37. The van der Waals surface area contributed by atoms with Crippen LogP contribution in [0, 0.1) is 5.92 Å². The van der Waals surface area contributed by atoms with E-state index in [-0.39, 0.29) is 29.4 Å². The van der Waals surface area contributed by atoms with Crippen LogP contribution in [0.1, 0.15) is 55.5 Å². The molecule has 10 nitrogen and oxygen atoms in total. The number of aromatic nitrogens is 3. The molecule has 2 saturated heterocycles. The highest BCUT2D eigenvalue weighted by Crippen LogP contribution is 2.60. The van der Waals surface area contributed by atoms with Crippen LogP contribution in [0.5, 0.6) is 5.75 Å². The SMILES string of the molecule is C=CCN1C(=O)[C@]2(O[C@H](CCn3cc([C@H](O)c4ccccc4)nn3)[C@@H]([Si](C)(C)c3ccc(OC)cc3)[C@@H]2C)c2cc(N3CCCCC3=O)ccc21. The maximum atomic E-state index is 14.9. The number of aryl methyl sites for hydroxylation is 1. The molecule has 0 saturated carbocycles. The zero-order valence-electron chi connectivity index (χ0n) is 29.9. The van der Waals surface area contributed by atoms with Gasteiger partial charge in [-0.3, -0.25) is 14.3 Å². The number of carbonyl (C=O) groups excluding carboxylic acids is 2. The van der Waals surface area contributed by atoms with E-state index in [9.17, 15) is 14.7 Å². The van der Waals surface area contributed by atoms with Crippen LogP contribution in [0.3, 0.4) is 0 Å². The summed E-state index contributed by atoms with van der Waals surface area (Å²) in [5.41, 5.74) is 2.45. The number of rotatable bonds is 11. The monoisotopic (exact) mass is 705 g/mol. The van der Waals surface area contributed by atoms with Crippen LogP contribution >= 0.6 is 0 Å². The van der Waals surface area contributed by atoms with Crippen molar-refractivity contribution in [2.45, 2.75) is 75.6 Å². The largest absolute Gasteiger partial charge is 0.497 e. The molecule has 51 heavy (non-hydrogen) atoms. The van der Waals surface area contributed by atoms with Crippen LogP contribution < -0.4 is 19.7 Å². The quantitative estimate of drug-likeness (QED) is 0.157. The number of piperidine rings is 1. The van der Waals surface area contributed by atoms with Crippen LogP contribution in [0.25, 0.3) is 0 Å². The van der Waals surface area contributed by atoms with Crippen molar-refractivity contribution in [1.29, 1.82) is 0 Å². The summed E-state index contributed by atoms with van der Waals surface area (Å²) < 4.78 is 14.5. The summed E-state index contributed by atoms with van der Waals surface area (Å²) >= 11 is 0. The van der Waals surface area contributed by atoms with Gasteiger partial charge >= 0.3 is 0 Å². The van der Waals surface area contributed by atoms with E-state index in [0.717, 1.165) is 41.1 Å². The Hall–Kier alpha value is -4.58. The van der Waals surface area contributed by atoms with E-state index in [4.69, 9.17) is 9.47 Å². The second-order valence-electron chi connectivity index (χ2n) is 14.6. The molecule has 0 unspecified atom stereocenters. The first-order valence-corrected chi connectivity index (χ1v) is 21.0. The number of hydrogen-bond donors (Lipinski definition) is 1. The maximum Gasteiger partial charge on any atom is 0.264 e. The fourth-order valence-corrected chi connectivity index (χ4v) is 12.8. The minimum atomic E-state index is -2.37.